The molecule has 0 aliphatic rings. The van der Waals surface area contributed by atoms with E-state index < -0.39 is 23.9 Å². The molecule has 2 N–H and O–H groups in total. The first-order chi connectivity index (χ1) is 6.93. The van der Waals surface area contributed by atoms with Gasteiger partial charge >= 0.3 is 17.4 Å². The van der Waals surface area contributed by atoms with Crippen LogP contribution in [0.3, 0.4) is 0 Å². The standard InChI is InChI=1S/4C2H4O2.Cr.2H2O/c4*1-2(3)4;;;/h4*1H3,(H,3,4);;2*1H2/q;;;;+6;;/p-6. The molecule has 19 heavy (non-hydrogen) atoms. The summed E-state index contributed by atoms with van der Waals surface area (Å²) >= 11 is 0. The first-order valence-electron chi connectivity index (χ1n) is 3.63. The Morgan fingerprint density at radius 2 is 0.526 bits per heavy atom. The fourth-order valence-corrected chi connectivity index (χ4v) is 0. The number of carboxylic acid groups (broad SMARTS) is 4. The van der Waals surface area contributed by atoms with Crippen LogP contribution in [0.1, 0.15) is 27.7 Å². The molecule has 0 heterocycles. The van der Waals surface area contributed by atoms with Gasteiger partial charge < -0.3 is 50.6 Å². The molecule has 0 spiro atoms. The van der Waals surface area contributed by atoms with Crippen molar-refractivity contribution in [3.8, 4) is 0 Å². The summed E-state index contributed by atoms with van der Waals surface area (Å²) in [6.07, 6.45) is 0. The van der Waals surface area contributed by atoms with Crippen LogP contribution in [0, 0.1) is 0 Å². The summed E-state index contributed by atoms with van der Waals surface area (Å²) in [5.41, 5.74) is 0. The smallest absolute Gasteiger partial charge is 0.870 e. The van der Waals surface area contributed by atoms with Crippen LogP contribution in [0.2, 0.25) is 0 Å². The Balaban J connectivity index is -0.0000000192. The summed E-state index contributed by atoms with van der Waals surface area (Å²) in [6, 6.07) is 0. The molecule has 0 radical (unpaired) electrons. The van der Waals surface area contributed by atoms with E-state index in [2.05, 4.69) is 0 Å². The van der Waals surface area contributed by atoms with E-state index in [1.165, 1.54) is 0 Å². The molecule has 0 saturated carbocycles. The Morgan fingerprint density at radius 1 is 0.526 bits per heavy atom. The van der Waals surface area contributed by atoms with Gasteiger partial charge in [0, 0.05) is 23.9 Å². The van der Waals surface area contributed by atoms with Crippen molar-refractivity contribution < 1.29 is 67.9 Å². The third kappa shape index (κ3) is 1210. The quantitative estimate of drug-likeness (QED) is 0.411. The molecule has 0 aromatic carbocycles. The molecule has 0 aliphatic heterocycles. The summed E-state index contributed by atoms with van der Waals surface area (Å²) < 4.78 is 0. The predicted octanol–water partition coefficient (Wildman–Crippen LogP) is -5.33. The predicted molar refractivity (Wildman–Crippen MR) is 46.6 cm³/mol. The van der Waals surface area contributed by atoms with Crippen LogP contribution in [-0.2, 0) is 36.5 Å². The molecule has 0 atom stereocenters. The van der Waals surface area contributed by atoms with Crippen molar-refractivity contribution in [2.75, 3.05) is 0 Å². The number of hydrogen-bond acceptors (Lipinski definition) is 10. The molecule has 0 amide bonds. The van der Waals surface area contributed by atoms with Crippen molar-refractivity contribution in [2.24, 2.45) is 0 Å². The van der Waals surface area contributed by atoms with E-state index in [0.717, 1.165) is 27.7 Å². The van der Waals surface area contributed by atoms with E-state index in [1.54, 1.807) is 0 Å². The summed E-state index contributed by atoms with van der Waals surface area (Å²) in [5.74, 6) is -4.33. The maximum Gasteiger partial charge on any atom is 6.00 e. The Labute approximate surface area is 120 Å². The van der Waals surface area contributed by atoms with Crippen molar-refractivity contribution in [2.45, 2.75) is 27.7 Å². The van der Waals surface area contributed by atoms with E-state index in [0.29, 0.717) is 0 Å². The molecule has 112 valence electrons. The molecule has 11 heteroatoms. The van der Waals surface area contributed by atoms with Gasteiger partial charge in [-0.2, -0.15) is 0 Å². The van der Waals surface area contributed by atoms with Gasteiger partial charge in [0.2, 0.25) is 0 Å². The minimum atomic E-state index is -1.08. The molecule has 0 unspecified atom stereocenters. The van der Waals surface area contributed by atoms with Gasteiger partial charge in [0.1, 0.15) is 0 Å². The maximum atomic E-state index is 8.89. The molecular formula is C8H14CrO10. The molecule has 0 bridgehead atoms. The van der Waals surface area contributed by atoms with E-state index >= 15 is 0 Å². The van der Waals surface area contributed by atoms with Gasteiger partial charge in [-0.25, -0.2) is 0 Å². The number of carboxylic acids is 4. The van der Waals surface area contributed by atoms with Crippen LogP contribution < -0.4 is 20.4 Å². The van der Waals surface area contributed by atoms with Crippen LogP contribution in [0.4, 0.5) is 0 Å². The SMILES string of the molecule is CC(=O)[O-].CC(=O)[O-].CC(=O)[O-].CC(=O)[O-].[Cr+6].[OH-].[OH-]. The van der Waals surface area contributed by atoms with E-state index in [1.807, 2.05) is 0 Å². The zero-order valence-corrected chi connectivity index (χ0v) is 11.8. The molecule has 0 aromatic rings. The zero-order chi connectivity index (χ0) is 14.3. The number of aliphatic carboxylic acids is 4. The van der Waals surface area contributed by atoms with Crippen molar-refractivity contribution in [3.05, 3.63) is 0 Å². The Morgan fingerprint density at radius 3 is 0.526 bits per heavy atom. The Bertz CT molecular complexity index is 164. The van der Waals surface area contributed by atoms with Gasteiger partial charge in [0.25, 0.3) is 0 Å². The zero-order valence-electron chi connectivity index (χ0n) is 10.6. The second kappa shape index (κ2) is 36.0. The van der Waals surface area contributed by atoms with Crippen LogP contribution >= 0.6 is 0 Å². The van der Waals surface area contributed by atoms with Crippen LogP contribution in [0.15, 0.2) is 0 Å². The van der Waals surface area contributed by atoms with Gasteiger partial charge in [0.05, 0.1) is 0 Å². The second-order valence-electron chi connectivity index (χ2n) is 1.97. The van der Waals surface area contributed by atoms with Crippen molar-refractivity contribution in [1.29, 1.82) is 0 Å². The van der Waals surface area contributed by atoms with E-state index in [4.69, 9.17) is 39.6 Å². The summed E-state index contributed by atoms with van der Waals surface area (Å²) in [6.45, 7) is 3.89. The number of hydrogen-bond donors (Lipinski definition) is 0. The molecule has 0 saturated heterocycles. The third-order valence-electron chi connectivity index (χ3n) is 0. The topological polar surface area (TPSA) is 221 Å². The monoisotopic (exact) mass is 322 g/mol. The van der Waals surface area contributed by atoms with Crippen LogP contribution in [0.5, 0.6) is 0 Å². The largest absolute Gasteiger partial charge is 6.00 e. The Kier molecular flexibility index (Phi) is 82.0. The van der Waals surface area contributed by atoms with Gasteiger partial charge in [-0.05, 0) is 27.7 Å². The van der Waals surface area contributed by atoms with Gasteiger partial charge in [-0.15, -0.1) is 0 Å². The molecule has 10 nitrogen and oxygen atoms in total. The normalized spacial score (nSPS) is 5.26. The third-order valence-corrected chi connectivity index (χ3v) is 0. The number of rotatable bonds is 0. The van der Waals surface area contributed by atoms with Gasteiger partial charge in [-0.1, -0.05) is 0 Å². The second-order valence-corrected chi connectivity index (χ2v) is 1.97. The van der Waals surface area contributed by atoms with E-state index in [-0.39, 0.29) is 28.3 Å². The minimum absolute atomic E-state index is 0. The van der Waals surface area contributed by atoms with Gasteiger partial charge in [0.15, 0.2) is 0 Å². The average Bonchev–Trinajstić information content (AvgIpc) is 1.76. The summed E-state index contributed by atoms with van der Waals surface area (Å²) in [7, 11) is 0. The maximum absolute atomic E-state index is 8.89. The van der Waals surface area contributed by atoms with Crippen LogP contribution in [-0.4, -0.2) is 34.8 Å². The van der Waals surface area contributed by atoms with Crippen molar-refractivity contribution in [1.82, 2.24) is 0 Å². The molecule has 0 fully saturated rings. The number of carbonyl (C=O) groups excluding carboxylic acids is 4. The van der Waals surface area contributed by atoms with Crippen LogP contribution in [0.25, 0.3) is 0 Å². The summed E-state index contributed by atoms with van der Waals surface area (Å²) in [5, 5.41) is 35.6. The molecule has 0 aromatic heterocycles. The van der Waals surface area contributed by atoms with Gasteiger partial charge in [-0.3, -0.25) is 0 Å². The van der Waals surface area contributed by atoms with Crippen molar-refractivity contribution in [3.63, 3.8) is 0 Å². The average molecular weight is 322 g/mol. The van der Waals surface area contributed by atoms with E-state index in [9.17, 15) is 0 Å². The molecular weight excluding hydrogens is 308 g/mol. The number of carbonyl (C=O) groups is 4. The Hall–Kier alpha value is -1.67. The fourth-order valence-electron chi connectivity index (χ4n) is 0. The first-order valence-corrected chi connectivity index (χ1v) is 3.63. The molecule has 0 aliphatic carbocycles. The fraction of sp³-hybridized carbons (Fsp3) is 0.500. The minimum Gasteiger partial charge on any atom is -0.870 e. The molecule has 0 rings (SSSR count). The first kappa shape index (κ1) is 43.3. The van der Waals surface area contributed by atoms with Crippen molar-refractivity contribution >= 4 is 23.9 Å². The summed E-state index contributed by atoms with van der Waals surface area (Å²) in [4.78, 5) is 35.6.